The Balaban J connectivity index is 0.000000201. The quantitative estimate of drug-likeness (QED) is 0.396. The molecule has 0 amide bonds. The molecule has 188 valence electrons. The number of nitrogens with two attached hydrogens (primary N) is 1. The van der Waals surface area contributed by atoms with E-state index in [-0.39, 0.29) is 17.7 Å². The van der Waals surface area contributed by atoms with Gasteiger partial charge in [0.25, 0.3) is 0 Å². The topological polar surface area (TPSA) is 108 Å². The molecule has 2 N–H and O–H groups in total. The maximum atomic E-state index is 12.8. The standard InChI is InChI=1S/C13H16FN3O.C13H12FN3O/c2*1-17(2)12(7-15)11-8-18-13(16-11)9-3-5-10(14)6-4-9/h3-6,8,12H,7,15H2,1-2H3;3-6,8,12H,1-2H3. The average molecular weight is 495 g/mol. The maximum absolute atomic E-state index is 12.8. The first-order chi connectivity index (χ1) is 17.2. The van der Waals surface area contributed by atoms with Crippen LogP contribution >= 0.6 is 0 Å². The normalized spacial score (nSPS) is 12.7. The van der Waals surface area contributed by atoms with E-state index in [1.165, 1.54) is 30.5 Å². The number of benzene rings is 2. The van der Waals surface area contributed by atoms with Gasteiger partial charge in [0.1, 0.15) is 35.9 Å². The van der Waals surface area contributed by atoms with E-state index >= 15 is 0 Å². The molecule has 0 fully saturated rings. The summed E-state index contributed by atoms with van der Waals surface area (Å²) in [6.45, 7) is 0.461. The fourth-order valence-electron chi connectivity index (χ4n) is 3.34. The largest absolute Gasteiger partial charge is 0.444 e. The van der Waals surface area contributed by atoms with E-state index in [0.717, 1.165) is 11.3 Å². The van der Waals surface area contributed by atoms with Crippen molar-refractivity contribution >= 4 is 0 Å². The molecular weight excluding hydrogens is 466 g/mol. The van der Waals surface area contributed by atoms with Gasteiger partial charge in [-0.25, -0.2) is 18.7 Å². The number of aromatic nitrogens is 2. The summed E-state index contributed by atoms with van der Waals surface area (Å²) in [6.07, 6.45) is 3.04. The Hall–Kier alpha value is -3.91. The first-order valence-corrected chi connectivity index (χ1v) is 11.1. The summed E-state index contributed by atoms with van der Waals surface area (Å²) in [7, 11) is 7.45. The lowest BCUT2D eigenvalue weighted by atomic mass is 10.2. The fraction of sp³-hybridized carbons (Fsp3) is 0.269. The van der Waals surface area contributed by atoms with Gasteiger partial charge in [-0.3, -0.25) is 9.80 Å². The Morgan fingerprint density at radius 3 is 1.64 bits per heavy atom. The van der Waals surface area contributed by atoms with Crippen LogP contribution in [0, 0.1) is 23.0 Å². The highest BCUT2D eigenvalue weighted by atomic mass is 19.1. The Kier molecular flexibility index (Phi) is 9.02. The van der Waals surface area contributed by atoms with Crippen LogP contribution in [0.25, 0.3) is 22.9 Å². The van der Waals surface area contributed by atoms with Crippen LogP contribution in [-0.4, -0.2) is 54.5 Å². The maximum Gasteiger partial charge on any atom is 0.226 e. The molecule has 36 heavy (non-hydrogen) atoms. The number of likely N-dealkylation sites (N-methyl/N-ethyl adjacent to an activating group) is 1. The molecule has 2 atom stereocenters. The van der Waals surface area contributed by atoms with Gasteiger partial charge in [-0.15, -0.1) is 0 Å². The number of hydrogen-bond acceptors (Lipinski definition) is 8. The van der Waals surface area contributed by atoms with Gasteiger partial charge in [0.2, 0.25) is 11.8 Å². The van der Waals surface area contributed by atoms with Crippen LogP contribution in [-0.2, 0) is 0 Å². The molecule has 0 aliphatic heterocycles. The van der Waals surface area contributed by atoms with Crippen molar-refractivity contribution in [2.24, 2.45) is 5.73 Å². The summed E-state index contributed by atoms with van der Waals surface area (Å²) in [5.74, 6) is 0.268. The van der Waals surface area contributed by atoms with E-state index in [1.807, 2.05) is 19.0 Å². The predicted octanol–water partition coefficient (Wildman–Crippen LogP) is 4.65. The Labute approximate surface area is 208 Å². The molecule has 2 heterocycles. The van der Waals surface area contributed by atoms with Gasteiger partial charge in [-0.05, 0) is 76.7 Å². The minimum Gasteiger partial charge on any atom is -0.444 e. The smallest absolute Gasteiger partial charge is 0.226 e. The third-order valence-electron chi connectivity index (χ3n) is 5.33. The van der Waals surface area contributed by atoms with Crippen LogP contribution in [0.4, 0.5) is 8.78 Å². The molecule has 2 aromatic heterocycles. The van der Waals surface area contributed by atoms with E-state index in [4.69, 9.17) is 19.8 Å². The fourth-order valence-corrected chi connectivity index (χ4v) is 3.34. The van der Waals surface area contributed by atoms with Crippen molar-refractivity contribution in [3.8, 4) is 29.0 Å². The molecular formula is C26H28F2N6O2. The van der Waals surface area contributed by atoms with Gasteiger partial charge in [-0.2, -0.15) is 5.26 Å². The number of halogens is 2. The van der Waals surface area contributed by atoms with Gasteiger partial charge < -0.3 is 14.6 Å². The van der Waals surface area contributed by atoms with Gasteiger partial charge in [0.05, 0.1) is 17.8 Å². The molecule has 10 heteroatoms. The Morgan fingerprint density at radius 2 is 1.25 bits per heavy atom. The van der Waals surface area contributed by atoms with Crippen molar-refractivity contribution in [3.63, 3.8) is 0 Å². The molecule has 2 unspecified atom stereocenters. The molecule has 0 radical (unpaired) electrons. The van der Waals surface area contributed by atoms with Gasteiger partial charge >= 0.3 is 0 Å². The van der Waals surface area contributed by atoms with Crippen LogP contribution in [0.15, 0.2) is 69.9 Å². The second-order valence-corrected chi connectivity index (χ2v) is 8.38. The van der Waals surface area contributed by atoms with Crippen molar-refractivity contribution in [1.82, 2.24) is 19.8 Å². The second-order valence-electron chi connectivity index (χ2n) is 8.38. The van der Waals surface area contributed by atoms with Crippen molar-refractivity contribution in [2.45, 2.75) is 12.1 Å². The van der Waals surface area contributed by atoms with Crippen molar-refractivity contribution in [3.05, 3.63) is 84.1 Å². The van der Waals surface area contributed by atoms with Gasteiger partial charge in [-0.1, -0.05) is 0 Å². The Morgan fingerprint density at radius 1 is 0.806 bits per heavy atom. The number of nitriles is 1. The number of nitrogens with zero attached hydrogens (tertiary/aromatic N) is 5. The molecule has 8 nitrogen and oxygen atoms in total. The summed E-state index contributed by atoms with van der Waals surface area (Å²) in [5, 5.41) is 9.04. The third kappa shape index (κ3) is 6.60. The Bertz CT molecular complexity index is 1280. The van der Waals surface area contributed by atoms with E-state index in [9.17, 15) is 8.78 Å². The van der Waals surface area contributed by atoms with Gasteiger partial charge in [0, 0.05) is 17.7 Å². The number of oxazole rings is 2. The lowest BCUT2D eigenvalue weighted by molar-refractivity contribution is 0.300. The van der Waals surface area contributed by atoms with Crippen LogP contribution < -0.4 is 5.73 Å². The molecule has 4 rings (SSSR count). The highest BCUT2D eigenvalue weighted by Gasteiger charge is 2.19. The summed E-state index contributed by atoms with van der Waals surface area (Å²) in [5.41, 5.74) is 8.45. The zero-order valence-electron chi connectivity index (χ0n) is 20.5. The minimum atomic E-state index is -0.456. The molecule has 0 bridgehead atoms. The summed E-state index contributed by atoms with van der Waals surface area (Å²) in [4.78, 5) is 12.4. The summed E-state index contributed by atoms with van der Waals surface area (Å²) in [6, 6.07) is 13.6. The minimum absolute atomic E-state index is 0.0166. The van der Waals surface area contributed by atoms with Crippen molar-refractivity contribution in [2.75, 3.05) is 34.7 Å². The predicted molar refractivity (Wildman–Crippen MR) is 131 cm³/mol. The average Bonchev–Trinajstić information content (AvgIpc) is 3.52. The third-order valence-corrected chi connectivity index (χ3v) is 5.33. The first-order valence-electron chi connectivity index (χ1n) is 11.1. The van der Waals surface area contributed by atoms with Crippen molar-refractivity contribution < 1.29 is 17.6 Å². The lowest BCUT2D eigenvalue weighted by Gasteiger charge is -2.19. The first kappa shape index (κ1) is 26.7. The van der Waals surface area contributed by atoms with E-state index < -0.39 is 6.04 Å². The van der Waals surface area contributed by atoms with Crippen molar-refractivity contribution in [1.29, 1.82) is 5.26 Å². The van der Waals surface area contributed by atoms with Gasteiger partial charge in [0.15, 0.2) is 0 Å². The molecule has 0 saturated heterocycles. The molecule has 2 aromatic carbocycles. The molecule has 4 aromatic rings. The molecule has 0 saturated carbocycles. The highest BCUT2D eigenvalue weighted by Crippen LogP contribution is 2.24. The van der Waals surface area contributed by atoms with E-state index in [1.54, 1.807) is 49.5 Å². The number of hydrogen-bond donors (Lipinski definition) is 1. The van der Waals surface area contributed by atoms with Crippen LogP contribution in [0.2, 0.25) is 0 Å². The molecule has 0 spiro atoms. The molecule has 0 aliphatic carbocycles. The summed E-state index contributed by atoms with van der Waals surface area (Å²) >= 11 is 0. The SMILES string of the molecule is CN(C)C(C#N)c1coc(-c2ccc(F)cc2)n1.CN(C)C(CN)c1coc(-c2ccc(F)cc2)n1. The van der Waals surface area contributed by atoms with Crippen LogP contribution in [0.3, 0.4) is 0 Å². The second kappa shape index (κ2) is 12.2. The number of rotatable bonds is 7. The zero-order chi connectivity index (χ0) is 26.2. The monoisotopic (exact) mass is 494 g/mol. The highest BCUT2D eigenvalue weighted by molar-refractivity contribution is 5.53. The van der Waals surface area contributed by atoms with E-state index in [0.29, 0.717) is 29.6 Å². The van der Waals surface area contributed by atoms with Crippen LogP contribution in [0.5, 0.6) is 0 Å². The zero-order valence-corrected chi connectivity index (χ0v) is 20.5. The lowest BCUT2D eigenvalue weighted by Crippen LogP contribution is -2.27. The van der Waals surface area contributed by atoms with Crippen LogP contribution in [0.1, 0.15) is 23.5 Å². The summed E-state index contributed by atoms with van der Waals surface area (Å²) < 4.78 is 36.3. The van der Waals surface area contributed by atoms with E-state index in [2.05, 4.69) is 16.0 Å². The molecule has 0 aliphatic rings.